The summed E-state index contributed by atoms with van der Waals surface area (Å²) in [5, 5.41) is 18.8. The number of benzene rings is 1. The molecule has 1 aromatic carbocycles. The summed E-state index contributed by atoms with van der Waals surface area (Å²) in [4.78, 5) is 0. The fourth-order valence-electron chi connectivity index (χ4n) is 8.37. The zero-order valence-electron chi connectivity index (χ0n) is 17.8. The number of aliphatic hydroxyl groups excluding tert-OH is 1. The van der Waals surface area contributed by atoms with Gasteiger partial charge in [0.25, 0.3) is 0 Å². The molecule has 4 aliphatic carbocycles. The molecule has 6 rings (SSSR count). The van der Waals surface area contributed by atoms with E-state index in [4.69, 9.17) is 0 Å². The lowest BCUT2D eigenvalue weighted by atomic mass is 9.47. The van der Waals surface area contributed by atoms with Crippen molar-refractivity contribution in [2.24, 2.45) is 28.6 Å². The molecule has 3 fully saturated rings. The van der Waals surface area contributed by atoms with Crippen LogP contribution in [0.3, 0.4) is 0 Å². The minimum absolute atomic E-state index is 0.103. The van der Waals surface area contributed by atoms with E-state index in [1.165, 1.54) is 49.5 Å². The van der Waals surface area contributed by atoms with Crippen LogP contribution in [-0.2, 0) is 0 Å². The van der Waals surface area contributed by atoms with Crippen LogP contribution in [0.5, 0.6) is 0 Å². The second-order valence-electron chi connectivity index (χ2n) is 11.0. The Morgan fingerprint density at radius 2 is 1.97 bits per heavy atom. The zero-order valence-corrected chi connectivity index (χ0v) is 17.8. The number of hydrogen-bond donors (Lipinski definition) is 2. The van der Waals surface area contributed by atoms with Crippen LogP contribution in [0.15, 0.2) is 36.0 Å². The molecule has 2 N–H and O–H groups in total. The Balaban J connectivity index is 1.33. The van der Waals surface area contributed by atoms with E-state index in [1.54, 1.807) is 5.57 Å². The van der Waals surface area contributed by atoms with Crippen molar-refractivity contribution in [1.82, 2.24) is 10.2 Å². The van der Waals surface area contributed by atoms with Crippen molar-refractivity contribution >= 4 is 10.9 Å². The molecule has 0 amide bonds. The first-order valence-corrected chi connectivity index (χ1v) is 11.8. The van der Waals surface area contributed by atoms with E-state index in [-0.39, 0.29) is 6.10 Å². The molecule has 2 aromatic rings. The van der Waals surface area contributed by atoms with Crippen molar-refractivity contribution < 1.29 is 5.11 Å². The number of hydrogen-bond acceptors (Lipinski definition) is 2. The van der Waals surface area contributed by atoms with Gasteiger partial charge in [0.05, 0.1) is 17.8 Å². The maximum absolute atomic E-state index is 10.2. The van der Waals surface area contributed by atoms with Crippen molar-refractivity contribution in [2.75, 3.05) is 0 Å². The van der Waals surface area contributed by atoms with Gasteiger partial charge < -0.3 is 5.11 Å². The number of allylic oxidation sites excluding steroid dienone is 1. The monoisotopic (exact) mass is 390 g/mol. The van der Waals surface area contributed by atoms with Gasteiger partial charge in [-0.05, 0) is 104 Å². The van der Waals surface area contributed by atoms with Crippen LogP contribution in [0.2, 0.25) is 0 Å². The highest BCUT2D eigenvalue weighted by Crippen LogP contribution is 2.68. The third-order valence-electron chi connectivity index (χ3n) is 9.94. The summed E-state index contributed by atoms with van der Waals surface area (Å²) in [6.07, 6.45) is 14.2. The Bertz CT molecular complexity index is 976. The first kappa shape index (κ1) is 18.2. The zero-order chi connectivity index (χ0) is 19.8. The van der Waals surface area contributed by atoms with Gasteiger partial charge in [0, 0.05) is 5.39 Å². The average Bonchev–Trinajstić information content (AvgIpc) is 3.31. The van der Waals surface area contributed by atoms with Gasteiger partial charge in [0.2, 0.25) is 0 Å². The van der Waals surface area contributed by atoms with Gasteiger partial charge in [0.15, 0.2) is 0 Å². The van der Waals surface area contributed by atoms with Crippen LogP contribution < -0.4 is 0 Å². The number of aromatic nitrogens is 2. The van der Waals surface area contributed by atoms with Crippen LogP contribution in [-0.4, -0.2) is 21.4 Å². The van der Waals surface area contributed by atoms with Crippen LogP contribution in [0, 0.1) is 28.6 Å². The lowest BCUT2D eigenvalue weighted by Gasteiger charge is -2.58. The Morgan fingerprint density at radius 1 is 1.07 bits per heavy atom. The predicted molar refractivity (Wildman–Crippen MR) is 117 cm³/mol. The number of fused-ring (bicyclic) bond motifs is 6. The molecule has 3 saturated carbocycles. The molecule has 1 heterocycles. The lowest BCUT2D eigenvalue weighted by Crippen LogP contribution is -2.50. The quantitative estimate of drug-likeness (QED) is 0.589. The van der Waals surface area contributed by atoms with Gasteiger partial charge in [-0.3, -0.25) is 5.10 Å². The van der Waals surface area contributed by atoms with Crippen molar-refractivity contribution in [3.8, 4) is 0 Å². The summed E-state index contributed by atoms with van der Waals surface area (Å²) in [6.45, 7) is 5.14. The number of aromatic amines is 1. The largest absolute Gasteiger partial charge is 0.393 e. The molecule has 1 aromatic heterocycles. The summed E-state index contributed by atoms with van der Waals surface area (Å²) >= 11 is 0. The molecule has 3 heteroatoms. The van der Waals surface area contributed by atoms with E-state index in [2.05, 4.69) is 48.3 Å². The maximum atomic E-state index is 10.2. The van der Waals surface area contributed by atoms with E-state index < -0.39 is 0 Å². The van der Waals surface area contributed by atoms with Crippen molar-refractivity contribution in [2.45, 2.75) is 77.2 Å². The lowest BCUT2D eigenvalue weighted by molar-refractivity contribution is -0.0409. The van der Waals surface area contributed by atoms with Gasteiger partial charge in [-0.2, -0.15) is 5.10 Å². The van der Waals surface area contributed by atoms with Crippen LogP contribution in [0.4, 0.5) is 0 Å². The number of aliphatic hydroxyl groups is 1. The highest BCUT2D eigenvalue weighted by Gasteiger charge is 2.58. The highest BCUT2D eigenvalue weighted by molar-refractivity contribution is 5.78. The normalized spacial score (nSPS) is 44.1. The van der Waals surface area contributed by atoms with E-state index in [9.17, 15) is 5.11 Å². The Morgan fingerprint density at radius 3 is 2.86 bits per heavy atom. The Hall–Kier alpha value is -1.61. The number of nitrogens with one attached hydrogen (secondary N) is 1. The first-order valence-electron chi connectivity index (χ1n) is 11.8. The Kier molecular flexibility index (Phi) is 3.89. The molecular weight excluding hydrogens is 356 g/mol. The standard InChI is InChI=1S/C26H34N2O/c1-25-11-9-19(29)14-18(25)4-5-20-22-7-6-21(26(22,2)12-10-23(20)25)16-3-8-24-17(13-16)15-27-28-24/h3-4,8,13,15,19-23,29H,5-7,9-12,14H2,1-2H3,(H,27,28)/t19-,20-,21+,22-,23-,25-,26+/m0/s1. The Labute approximate surface area is 174 Å². The van der Waals surface area contributed by atoms with Gasteiger partial charge in [-0.15, -0.1) is 0 Å². The van der Waals surface area contributed by atoms with Gasteiger partial charge >= 0.3 is 0 Å². The second-order valence-corrected chi connectivity index (χ2v) is 11.0. The van der Waals surface area contributed by atoms with E-state index in [1.807, 2.05) is 6.20 Å². The summed E-state index contributed by atoms with van der Waals surface area (Å²) in [5.41, 5.74) is 5.03. The first-order chi connectivity index (χ1) is 14.0. The van der Waals surface area contributed by atoms with Crippen molar-refractivity contribution in [3.05, 3.63) is 41.6 Å². The predicted octanol–water partition coefficient (Wildman–Crippen LogP) is 5.97. The van der Waals surface area contributed by atoms with Crippen LogP contribution in [0.1, 0.15) is 76.7 Å². The van der Waals surface area contributed by atoms with E-state index in [0.29, 0.717) is 16.7 Å². The molecule has 29 heavy (non-hydrogen) atoms. The summed E-state index contributed by atoms with van der Waals surface area (Å²) in [7, 11) is 0. The van der Waals surface area contributed by atoms with Gasteiger partial charge in [-0.25, -0.2) is 0 Å². The second kappa shape index (κ2) is 6.20. The molecule has 0 saturated heterocycles. The smallest absolute Gasteiger partial charge is 0.0650 e. The molecule has 0 aliphatic heterocycles. The number of nitrogens with zero attached hydrogens (tertiary/aromatic N) is 1. The van der Waals surface area contributed by atoms with E-state index in [0.717, 1.165) is 36.1 Å². The maximum Gasteiger partial charge on any atom is 0.0650 e. The third-order valence-corrected chi connectivity index (χ3v) is 9.94. The summed E-state index contributed by atoms with van der Waals surface area (Å²) in [5.74, 6) is 3.18. The average molecular weight is 391 g/mol. The summed E-state index contributed by atoms with van der Waals surface area (Å²) in [6, 6.07) is 6.98. The molecule has 7 atom stereocenters. The minimum atomic E-state index is -0.103. The van der Waals surface area contributed by atoms with Crippen molar-refractivity contribution in [3.63, 3.8) is 0 Å². The van der Waals surface area contributed by atoms with Gasteiger partial charge in [-0.1, -0.05) is 31.6 Å². The highest BCUT2D eigenvalue weighted by atomic mass is 16.3. The topological polar surface area (TPSA) is 48.9 Å². The number of H-pyrrole nitrogens is 1. The van der Waals surface area contributed by atoms with E-state index >= 15 is 0 Å². The molecule has 0 spiro atoms. The molecule has 3 nitrogen and oxygen atoms in total. The third kappa shape index (κ3) is 2.49. The number of rotatable bonds is 1. The minimum Gasteiger partial charge on any atom is -0.393 e. The van der Waals surface area contributed by atoms with Gasteiger partial charge in [0.1, 0.15) is 0 Å². The SMILES string of the molecule is C[C@]12CC[C@H]3[C@@H](CC=C4C[C@@H](O)CC[C@@]43C)[C@@H]1CC[C@@H]2c1ccc2[nH]ncc2c1. The van der Waals surface area contributed by atoms with Crippen LogP contribution in [0.25, 0.3) is 10.9 Å². The fraction of sp³-hybridized carbons (Fsp3) is 0.654. The molecule has 0 bridgehead atoms. The molecule has 0 radical (unpaired) electrons. The molecular formula is C26H34N2O. The van der Waals surface area contributed by atoms with Crippen LogP contribution >= 0.6 is 0 Å². The molecule has 154 valence electrons. The molecule has 0 unspecified atom stereocenters. The fourth-order valence-corrected chi connectivity index (χ4v) is 8.37. The summed E-state index contributed by atoms with van der Waals surface area (Å²) < 4.78 is 0. The van der Waals surface area contributed by atoms with Crippen molar-refractivity contribution in [1.29, 1.82) is 0 Å². The molecule has 4 aliphatic rings.